The molecule has 6 nitrogen and oxygen atoms in total. The zero-order chi connectivity index (χ0) is 20.9. The molecule has 0 saturated carbocycles. The average molecular weight is 446 g/mol. The molecule has 2 aromatic carbocycles. The number of carboxylic acids is 2. The maximum absolute atomic E-state index is 9.00. The first kappa shape index (κ1) is 26.4. The highest BCUT2D eigenvalue weighted by atomic mass is 35.5. The molecule has 144 valence electrons. The minimum absolute atomic E-state index is 0.0177. The van der Waals surface area contributed by atoms with Gasteiger partial charge in [-0.15, -0.1) is 0 Å². The van der Waals surface area contributed by atoms with E-state index in [9.17, 15) is 0 Å². The van der Waals surface area contributed by atoms with E-state index < -0.39 is 11.9 Å². The second kappa shape index (κ2) is 14.3. The molecule has 10 heteroatoms. The quantitative estimate of drug-likeness (QED) is 0.420. The summed E-state index contributed by atoms with van der Waals surface area (Å²) in [6.07, 6.45) is 0. The zero-order valence-electron chi connectivity index (χ0n) is 13.6. The van der Waals surface area contributed by atoms with Gasteiger partial charge in [-0.25, -0.2) is 0 Å². The molecule has 0 bridgehead atoms. The molecule has 0 spiro atoms. The van der Waals surface area contributed by atoms with E-state index >= 15 is 0 Å². The molecule has 2 rings (SSSR count). The van der Waals surface area contributed by atoms with Gasteiger partial charge in [-0.05, 0) is 24.3 Å². The number of phenolic OH excluding ortho intramolecular Hbond substituents is 2. The fourth-order valence-electron chi connectivity index (χ4n) is 0.972. The number of carboxylic acid groups (broad SMARTS) is 2. The van der Waals surface area contributed by atoms with Crippen molar-refractivity contribution in [2.45, 2.75) is 13.8 Å². The Morgan fingerprint density at radius 2 is 0.923 bits per heavy atom. The molecule has 0 amide bonds. The number of aliphatic carboxylic acids is 2. The number of aromatic hydroxyl groups is 2. The molecule has 0 fully saturated rings. The fraction of sp³-hybridized carbons (Fsp3) is 0.125. The minimum atomic E-state index is -0.833. The highest BCUT2D eigenvalue weighted by Gasteiger charge is 1.96. The monoisotopic (exact) mass is 444 g/mol. The van der Waals surface area contributed by atoms with Crippen molar-refractivity contribution in [1.29, 1.82) is 0 Å². The third-order valence-corrected chi connectivity index (χ3v) is 2.93. The molecule has 4 N–H and O–H groups in total. The second-order valence-corrected chi connectivity index (χ2v) is 5.92. The molecule has 0 aliphatic rings. The van der Waals surface area contributed by atoms with Gasteiger partial charge in [0.15, 0.2) is 0 Å². The van der Waals surface area contributed by atoms with Crippen LogP contribution in [0.3, 0.4) is 0 Å². The van der Waals surface area contributed by atoms with Crippen molar-refractivity contribution < 1.29 is 30.0 Å². The van der Waals surface area contributed by atoms with Gasteiger partial charge in [-0.3, -0.25) is 9.59 Å². The van der Waals surface area contributed by atoms with Crippen molar-refractivity contribution in [3.05, 3.63) is 56.5 Å². The summed E-state index contributed by atoms with van der Waals surface area (Å²) in [5.74, 6) is -1.63. The summed E-state index contributed by atoms with van der Waals surface area (Å²) in [6.45, 7) is 2.17. The van der Waals surface area contributed by atoms with Crippen molar-refractivity contribution in [3.8, 4) is 11.5 Å². The van der Waals surface area contributed by atoms with Gasteiger partial charge in [0.05, 0.1) is 10.0 Å². The van der Waals surface area contributed by atoms with E-state index in [4.69, 9.17) is 76.4 Å². The Morgan fingerprint density at radius 1 is 0.692 bits per heavy atom. The van der Waals surface area contributed by atoms with Crippen LogP contribution in [0.15, 0.2) is 36.4 Å². The summed E-state index contributed by atoms with van der Waals surface area (Å²) >= 11 is 21.9. The maximum Gasteiger partial charge on any atom is 0.300 e. The van der Waals surface area contributed by atoms with Gasteiger partial charge >= 0.3 is 0 Å². The van der Waals surface area contributed by atoms with Gasteiger partial charge in [-0.1, -0.05) is 46.4 Å². The standard InChI is InChI=1S/2C6H4Cl2O.2C2H4O2/c2*7-4-1-2-5(8)6(9)3-4;2*1-2(3)4/h2*1-3,9H;2*1H3,(H,3,4). The number of carbonyl (C=O) groups is 2. The number of halogens is 4. The Hall–Kier alpha value is -1.86. The van der Waals surface area contributed by atoms with Crippen LogP contribution in [0.25, 0.3) is 0 Å². The van der Waals surface area contributed by atoms with Crippen LogP contribution >= 0.6 is 46.4 Å². The van der Waals surface area contributed by atoms with E-state index in [0.717, 1.165) is 13.8 Å². The van der Waals surface area contributed by atoms with E-state index in [-0.39, 0.29) is 11.5 Å². The van der Waals surface area contributed by atoms with Crippen molar-refractivity contribution in [2.75, 3.05) is 0 Å². The average Bonchev–Trinajstić information content (AvgIpc) is 2.47. The summed E-state index contributed by atoms with van der Waals surface area (Å²) in [7, 11) is 0. The maximum atomic E-state index is 9.00. The Labute approximate surface area is 170 Å². The number of rotatable bonds is 0. The predicted molar refractivity (Wildman–Crippen MR) is 103 cm³/mol. The fourth-order valence-corrected chi connectivity index (χ4v) is 1.54. The normalized spacial score (nSPS) is 8.54. The number of phenols is 2. The van der Waals surface area contributed by atoms with E-state index in [2.05, 4.69) is 0 Å². The summed E-state index contributed by atoms with van der Waals surface area (Å²) in [6, 6.07) is 9.10. The number of hydrogen-bond donors (Lipinski definition) is 4. The van der Waals surface area contributed by atoms with Gasteiger partial charge < -0.3 is 20.4 Å². The Bertz CT molecular complexity index is 652. The van der Waals surface area contributed by atoms with Crippen LogP contribution in [0.2, 0.25) is 20.1 Å². The Balaban J connectivity index is 0. The molecule has 0 radical (unpaired) electrons. The first-order chi connectivity index (χ1) is 11.9. The van der Waals surface area contributed by atoms with Crippen molar-refractivity contribution >= 4 is 58.3 Å². The zero-order valence-corrected chi connectivity index (χ0v) is 16.6. The topological polar surface area (TPSA) is 115 Å². The highest BCUT2D eigenvalue weighted by molar-refractivity contribution is 6.34. The molecule has 0 unspecified atom stereocenters. The van der Waals surface area contributed by atoms with Crippen molar-refractivity contribution in [3.63, 3.8) is 0 Å². The molecule has 0 aliphatic carbocycles. The lowest BCUT2D eigenvalue weighted by Gasteiger charge is -1.93. The molecule has 0 heterocycles. The molecule has 0 atom stereocenters. The summed E-state index contributed by atoms with van der Waals surface area (Å²) in [4.78, 5) is 18.0. The van der Waals surface area contributed by atoms with Crippen LogP contribution in [-0.4, -0.2) is 32.4 Å². The van der Waals surface area contributed by atoms with E-state index in [1.807, 2.05) is 0 Å². The largest absolute Gasteiger partial charge is 0.506 e. The van der Waals surface area contributed by atoms with Crippen molar-refractivity contribution in [2.24, 2.45) is 0 Å². The number of hydrogen-bond acceptors (Lipinski definition) is 4. The Morgan fingerprint density at radius 3 is 1.08 bits per heavy atom. The van der Waals surface area contributed by atoms with Crippen LogP contribution in [0.5, 0.6) is 11.5 Å². The van der Waals surface area contributed by atoms with Gasteiger partial charge in [0, 0.05) is 36.0 Å². The first-order valence-corrected chi connectivity index (χ1v) is 8.05. The summed E-state index contributed by atoms with van der Waals surface area (Å²) < 4.78 is 0. The third-order valence-electron chi connectivity index (χ3n) is 1.82. The van der Waals surface area contributed by atoms with Crippen LogP contribution in [0, 0.1) is 0 Å². The third kappa shape index (κ3) is 17.0. The smallest absolute Gasteiger partial charge is 0.300 e. The molecule has 0 aliphatic heterocycles. The molecule has 26 heavy (non-hydrogen) atoms. The summed E-state index contributed by atoms with van der Waals surface area (Å²) in [5, 5.41) is 34.2. The molecule has 0 aromatic heterocycles. The van der Waals surface area contributed by atoms with Crippen molar-refractivity contribution in [1.82, 2.24) is 0 Å². The molecular formula is C16H16Cl4O6. The van der Waals surface area contributed by atoms with Crippen LogP contribution in [0.4, 0.5) is 0 Å². The van der Waals surface area contributed by atoms with Crippen LogP contribution in [0.1, 0.15) is 13.8 Å². The second-order valence-electron chi connectivity index (χ2n) is 4.23. The SMILES string of the molecule is CC(=O)O.CC(=O)O.Oc1cc(Cl)ccc1Cl.Oc1cc(Cl)ccc1Cl. The van der Waals surface area contributed by atoms with E-state index in [1.54, 1.807) is 24.3 Å². The van der Waals surface area contributed by atoms with Crippen LogP contribution < -0.4 is 0 Å². The molecule has 2 aromatic rings. The summed E-state index contributed by atoms with van der Waals surface area (Å²) in [5.41, 5.74) is 0. The van der Waals surface area contributed by atoms with Gasteiger partial charge in [-0.2, -0.15) is 0 Å². The van der Waals surface area contributed by atoms with Gasteiger partial charge in [0.2, 0.25) is 0 Å². The van der Waals surface area contributed by atoms with E-state index in [0.29, 0.717) is 20.1 Å². The Kier molecular flexibility index (Phi) is 14.5. The first-order valence-electron chi connectivity index (χ1n) is 6.53. The lowest BCUT2D eigenvalue weighted by Crippen LogP contribution is -1.78. The minimum Gasteiger partial charge on any atom is -0.506 e. The molecule has 0 saturated heterocycles. The van der Waals surface area contributed by atoms with Gasteiger partial charge in [0.1, 0.15) is 11.5 Å². The van der Waals surface area contributed by atoms with Gasteiger partial charge in [0.25, 0.3) is 11.9 Å². The predicted octanol–water partition coefficient (Wildman–Crippen LogP) is 5.58. The lowest BCUT2D eigenvalue weighted by atomic mass is 10.3. The van der Waals surface area contributed by atoms with E-state index in [1.165, 1.54) is 12.1 Å². The molecular weight excluding hydrogens is 430 g/mol. The number of benzene rings is 2. The highest BCUT2D eigenvalue weighted by Crippen LogP contribution is 2.26. The lowest BCUT2D eigenvalue weighted by molar-refractivity contribution is -0.135. The van der Waals surface area contributed by atoms with Crippen LogP contribution in [-0.2, 0) is 9.59 Å².